The molecule has 42 valence electrons. The van der Waals surface area contributed by atoms with Crippen molar-refractivity contribution in [1.82, 2.24) is 0 Å². The molecule has 0 radical (unpaired) electrons. The van der Waals surface area contributed by atoms with E-state index in [2.05, 4.69) is 0 Å². The number of aliphatic hydroxyl groups excluding tert-OH is 3. The Balaban J connectivity index is 3.72. The average Bonchev–Trinajstić information content (AvgIpc) is 1.65. The molecule has 0 aliphatic carbocycles. The Kier molecular flexibility index (Phi) is 2.01. The van der Waals surface area contributed by atoms with Crippen LogP contribution in [-0.4, -0.2) is 27.0 Å². The molecule has 0 heterocycles. The maximum absolute atomic E-state index is 8.06. The Labute approximate surface area is 40.0 Å². The van der Waals surface area contributed by atoms with Gasteiger partial charge in [0.2, 0.25) is 0 Å². The van der Waals surface area contributed by atoms with Crippen molar-refractivity contribution in [2.75, 3.05) is 6.61 Å². The van der Waals surface area contributed by atoms with Gasteiger partial charge in [-0.25, -0.2) is 0 Å². The number of aliphatic hydroxyl groups is 4. The standard InChI is InChI=1S/C3H6O4/c4-1-2(5)3(6)7/h4-7H,1H2. The highest BCUT2D eigenvalue weighted by Gasteiger charge is 1.95. The fraction of sp³-hybridized carbons (Fsp3) is 0.333. The summed E-state index contributed by atoms with van der Waals surface area (Å²) in [5.74, 6) is -2.05. The maximum atomic E-state index is 8.06. The third kappa shape index (κ3) is 1.88. The van der Waals surface area contributed by atoms with E-state index in [0.717, 1.165) is 0 Å². The van der Waals surface area contributed by atoms with Gasteiger partial charge in [0.05, 0.1) is 0 Å². The molecule has 0 saturated heterocycles. The average molecular weight is 106 g/mol. The van der Waals surface area contributed by atoms with Crippen molar-refractivity contribution < 1.29 is 20.4 Å². The molecular weight excluding hydrogens is 100 g/mol. The predicted molar refractivity (Wildman–Crippen MR) is 22.0 cm³/mol. The summed E-state index contributed by atoms with van der Waals surface area (Å²) < 4.78 is 0. The molecule has 0 rings (SSSR count). The van der Waals surface area contributed by atoms with Gasteiger partial charge < -0.3 is 20.4 Å². The van der Waals surface area contributed by atoms with Gasteiger partial charge in [-0.15, -0.1) is 0 Å². The van der Waals surface area contributed by atoms with Crippen molar-refractivity contribution in [1.29, 1.82) is 0 Å². The van der Waals surface area contributed by atoms with Crippen LogP contribution in [0.3, 0.4) is 0 Å². The van der Waals surface area contributed by atoms with E-state index in [9.17, 15) is 0 Å². The number of hydrogen-bond donors (Lipinski definition) is 4. The fourth-order valence-corrected chi connectivity index (χ4v) is 0.0707. The molecule has 0 aromatic rings. The monoisotopic (exact) mass is 106 g/mol. The molecule has 0 aromatic heterocycles. The van der Waals surface area contributed by atoms with Gasteiger partial charge in [0.25, 0.3) is 0 Å². The molecule has 0 aromatic carbocycles. The summed E-state index contributed by atoms with van der Waals surface area (Å²) in [4.78, 5) is 0. The summed E-state index contributed by atoms with van der Waals surface area (Å²) in [6.45, 7) is -0.748. The molecule has 0 bridgehead atoms. The zero-order valence-electron chi connectivity index (χ0n) is 3.50. The molecule has 0 amide bonds. The highest BCUT2D eigenvalue weighted by Crippen LogP contribution is 1.87. The second-order valence-electron chi connectivity index (χ2n) is 0.928. The van der Waals surface area contributed by atoms with E-state index in [-0.39, 0.29) is 0 Å². The Hall–Kier alpha value is -0.900. The molecule has 7 heavy (non-hydrogen) atoms. The van der Waals surface area contributed by atoms with Crippen molar-refractivity contribution in [2.24, 2.45) is 0 Å². The van der Waals surface area contributed by atoms with Crippen molar-refractivity contribution >= 4 is 0 Å². The lowest BCUT2D eigenvalue weighted by Crippen LogP contribution is -1.93. The molecule has 0 saturated carbocycles. The summed E-state index contributed by atoms with van der Waals surface area (Å²) in [6.07, 6.45) is 0. The topological polar surface area (TPSA) is 80.9 Å². The van der Waals surface area contributed by atoms with Gasteiger partial charge in [0.1, 0.15) is 6.61 Å². The molecule has 0 aliphatic heterocycles. The lowest BCUT2D eigenvalue weighted by atomic mass is 10.6. The van der Waals surface area contributed by atoms with Crippen LogP contribution in [0.5, 0.6) is 0 Å². The van der Waals surface area contributed by atoms with Crippen LogP contribution >= 0.6 is 0 Å². The van der Waals surface area contributed by atoms with E-state index >= 15 is 0 Å². The number of rotatable bonds is 1. The first kappa shape index (κ1) is 6.10. The van der Waals surface area contributed by atoms with Crippen LogP contribution in [0, 0.1) is 0 Å². The van der Waals surface area contributed by atoms with Gasteiger partial charge in [0.15, 0.2) is 5.76 Å². The first-order chi connectivity index (χ1) is 3.18. The number of hydrogen-bond acceptors (Lipinski definition) is 4. The highest BCUT2D eigenvalue weighted by atomic mass is 16.5. The molecule has 0 atom stereocenters. The van der Waals surface area contributed by atoms with Crippen LogP contribution < -0.4 is 0 Å². The van der Waals surface area contributed by atoms with Crippen LogP contribution in [0.25, 0.3) is 0 Å². The lowest BCUT2D eigenvalue weighted by Gasteiger charge is -1.89. The zero-order chi connectivity index (χ0) is 5.86. The summed E-state index contributed by atoms with van der Waals surface area (Å²) in [5, 5.41) is 31.6. The lowest BCUT2D eigenvalue weighted by molar-refractivity contribution is 0.137. The van der Waals surface area contributed by atoms with E-state index < -0.39 is 18.3 Å². The van der Waals surface area contributed by atoms with Gasteiger partial charge in [-0.1, -0.05) is 0 Å². The molecule has 4 nitrogen and oxygen atoms in total. The second kappa shape index (κ2) is 2.30. The van der Waals surface area contributed by atoms with E-state index in [1.807, 2.05) is 0 Å². The van der Waals surface area contributed by atoms with Crippen LogP contribution in [0.1, 0.15) is 0 Å². The minimum Gasteiger partial charge on any atom is -0.504 e. The SMILES string of the molecule is OCC(O)=C(O)O. The van der Waals surface area contributed by atoms with Crippen molar-refractivity contribution in [2.45, 2.75) is 0 Å². The van der Waals surface area contributed by atoms with Crippen LogP contribution in [-0.2, 0) is 0 Å². The van der Waals surface area contributed by atoms with E-state index in [4.69, 9.17) is 20.4 Å². The normalized spacial score (nSPS) is 8.14. The minimum absolute atomic E-state index is 0.748. The Bertz CT molecular complexity index is 80.9. The van der Waals surface area contributed by atoms with Crippen molar-refractivity contribution in [3.05, 3.63) is 11.7 Å². The van der Waals surface area contributed by atoms with Crippen molar-refractivity contribution in [3.8, 4) is 0 Å². The Morgan fingerprint density at radius 3 is 1.57 bits per heavy atom. The van der Waals surface area contributed by atoms with Crippen molar-refractivity contribution in [3.63, 3.8) is 0 Å². The third-order valence-corrected chi connectivity index (χ3v) is 0.408. The molecule has 0 fully saturated rings. The first-order valence-electron chi connectivity index (χ1n) is 1.59. The molecule has 0 aliphatic rings. The Morgan fingerprint density at radius 2 is 1.57 bits per heavy atom. The predicted octanol–water partition coefficient (Wildman–Crippen LogP) is -0.178. The van der Waals surface area contributed by atoms with Gasteiger partial charge >= 0.3 is 5.95 Å². The highest BCUT2D eigenvalue weighted by molar-refractivity contribution is 4.87. The van der Waals surface area contributed by atoms with E-state index in [1.165, 1.54) is 0 Å². The van der Waals surface area contributed by atoms with Crippen LogP contribution in [0.4, 0.5) is 0 Å². The van der Waals surface area contributed by atoms with E-state index in [1.54, 1.807) is 0 Å². The largest absolute Gasteiger partial charge is 0.504 e. The molecule has 0 spiro atoms. The Morgan fingerprint density at radius 1 is 1.14 bits per heavy atom. The molecular formula is C3H6O4. The van der Waals surface area contributed by atoms with Gasteiger partial charge in [-0.3, -0.25) is 0 Å². The molecule has 4 N–H and O–H groups in total. The second-order valence-corrected chi connectivity index (χ2v) is 0.928. The molecule has 4 heteroatoms. The quantitative estimate of drug-likeness (QED) is 0.349. The van der Waals surface area contributed by atoms with Crippen LogP contribution in [0.15, 0.2) is 11.7 Å². The minimum atomic E-state index is -1.23. The van der Waals surface area contributed by atoms with E-state index in [0.29, 0.717) is 0 Å². The van der Waals surface area contributed by atoms with Gasteiger partial charge in [0, 0.05) is 0 Å². The summed E-state index contributed by atoms with van der Waals surface area (Å²) in [5.41, 5.74) is 0. The zero-order valence-corrected chi connectivity index (χ0v) is 3.50. The van der Waals surface area contributed by atoms with Gasteiger partial charge in [-0.05, 0) is 0 Å². The fourth-order valence-electron chi connectivity index (χ4n) is 0.0707. The summed E-state index contributed by atoms with van der Waals surface area (Å²) >= 11 is 0. The smallest absolute Gasteiger partial charge is 0.316 e. The molecule has 0 unspecified atom stereocenters. The maximum Gasteiger partial charge on any atom is 0.316 e. The first-order valence-corrected chi connectivity index (χ1v) is 1.59. The third-order valence-electron chi connectivity index (χ3n) is 0.408. The van der Waals surface area contributed by atoms with Gasteiger partial charge in [-0.2, -0.15) is 0 Å². The van der Waals surface area contributed by atoms with Crippen LogP contribution in [0.2, 0.25) is 0 Å². The summed E-state index contributed by atoms with van der Waals surface area (Å²) in [7, 11) is 0. The summed E-state index contributed by atoms with van der Waals surface area (Å²) in [6, 6.07) is 0.